The fraction of sp³-hybridized carbons (Fsp3) is 0.227. The van der Waals surface area contributed by atoms with Crippen LogP contribution in [0.15, 0.2) is 53.9 Å². The highest BCUT2D eigenvalue weighted by atomic mass is 16.3. The number of hydrogen-bond donors (Lipinski definition) is 3. The third kappa shape index (κ3) is 4.91. The van der Waals surface area contributed by atoms with Crippen molar-refractivity contribution < 1.29 is 9.90 Å². The molecule has 0 saturated heterocycles. The lowest BCUT2D eigenvalue weighted by Gasteiger charge is -2.18. The van der Waals surface area contributed by atoms with E-state index in [1.165, 1.54) is 0 Å². The van der Waals surface area contributed by atoms with Crippen LogP contribution in [0.4, 0.5) is 5.82 Å². The van der Waals surface area contributed by atoms with Crippen LogP contribution in [0.3, 0.4) is 0 Å². The molecule has 0 aliphatic carbocycles. The van der Waals surface area contributed by atoms with Crippen molar-refractivity contribution in [2.45, 2.75) is 13.3 Å². The summed E-state index contributed by atoms with van der Waals surface area (Å²) in [6.07, 6.45) is 4.16. The first kappa shape index (κ1) is 21.6. The van der Waals surface area contributed by atoms with Crippen LogP contribution in [-0.4, -0.2) is 41.1 Å². The minimum atomic E-state index is -0.258. The zero-order chi connectivity index (χ0) is 22.2. The van der Waals surface area contributed by atoms with E-state index >= 15 is 0 Å². The maximum Gasteiger partial charge on any atom is 0.269 e. The number of aromatic hydroxyl groups is 1. The number of carbonyl (C=O) groups is 1. The van der Waals surface area contributed by atoms with Gasteiger partial charge in [0.1, 0.15) is 17.3 Å². The second-order valence-electron chi connectivity index (χ2n) is 6.67. The molecule has 0 atom stereocenters. The summed E-state index contributed by atoms with van der Waals surface area (Å²) in [6.45, 7) is 2.76. The lowest BCUT2D eigenvalue weighted by atomic mass is 9.92. The normalized spacial score (nSPS) is 10.3. The van der Waals surface area contributed by atoms with Crippen LogP contribution in [-0.2, 0) is 6.42 Å². The van der Waals surface area contributed by atoms with E-state index in [1.54, 1.807) is 37.6 Å². The number of phenolic OH excluding ortho intramolecular Hbond substituents is 1. The number of benzene rings is 1. The zero-order valence-corrected chi connectivity index (χ0v) is 17.3. The van der Waals surface area contributed by atoms with Gasteiger partial charge in [-0.25, -0.2) is 4.98 Å². The summed E-state index contributed by atoms with van der Waals surface area (Å²) >= 11 is 0. The highest BCUT2D eigenvalue weighted by Gasteiger charge is 2.17. The molecule has 158 valence electrons. The third-order valence-electron chi connectivity index (χ3n) is 4.80. The molecule has 0 radical (unpaired) electrons. The zero-order valence-electron chi connectivity index (χ0n) is 17.3. The molecular weight excluding hydrogens is 394 g/mol. The Morgan fingerprint density at radius 1 is 1.13 bits per heavy atom. The minimum absolute atomic E-state index is 0.195. The molecule has 1 amide bonds. The summed E-state index contributed by atoms with van der Waals surface area (Å²) in [5, 5.41) is 19.0. The minimum Gasteiger partial charge on any atom is -0.508 e. The number of nitrogens with zero attached hydrogens (tertiary/aromatic N) is 5. The van der Waals surface area contributed by atoms with E-state index in [2.05, 4.69) is 37.6 Å². The molecule has 2 aromatic heterocycles. The first-order valence-corrected chi connectivity index (χ1v) is 9.83. The van der Waals surface area contributed by atoms with Crippen LogP contribution in [0, 0.1) is 0 Å². The molecule has 1 aromatic carbocycles. The average molecular weight is 417 g/mol. The van der Waals surface area contributed by atoms with E-state index in [0.717, 1.165) is 34.2 Å². The number of anilines is 1. The van der Waals surface area contributed by atoms with Crippen LogP contribution in [0.5, 0.6) is 5.75 Å². The number of pyridine rings is 2. The SMILES string of the molecule is CCc1c(-c2ccc(O)cc2)cnc(NCCN=[N+]=[N-])c1-c1ccc(C(=O)NC)nc1. The van der Waals surface area contributed by atoms with Gasteiger partial charge >= 0.3 is 0 Å². The lowest BCUT2D eigenvalue weighted by Crippen LogP contribution is -2.19. The van der Waals surface area contributed by atoms with Crippen molar-refractivity contribution in [3.05, 3.63) is 70.5 Å². The predicted molar refractivity (Wildman–Crippen MR) is 120 cm³/mol. The van der Waals surface area contributed by atoms with Crippen LogP contribution >= 0.6 is 0 Å². The summed E-state index contributed by atoms with van der Waals surface area (Å²) < 4.78 is 0. The van der Waals surface area contributed by atoms with Gasteiger partial charge in [-0.1, -0.05) is 30.2 Å². The quantitative estimate of drug-likeness (QED) is 0.219. The standard InChI is InChI=1S/C22H23N7O2/c1-3-17-18(14-4-7-16(30)8-5-14)13-27-21(25-10-11-28-29-23)20(17)15-6-9-19(26-12-15)22(31)24-2/h4-9,12-13,30H,3,10-11H2,1-2H3,(H,24,31)(H,25,27). The van der Waals surface area contributed by atoms with Crippen LogP contribution in [0.25, 0.3) is 32.7 Å². The topological polar surface area (TPSA) is 136 Å². The van der Waals surface area contributed by atoms with Gasteiger partial charge < -0.3 is 15.7 Å². The Balaban J connectivity index is 2.13. The fourth-order valence-electron chi connectivity index (χ4n) is 3.32. The Bertz CT molecular complexity index is 1110. The second-order valence-corrected chi connectivity index (χ2v) is 6.67. The predicted octanol–water partition coefficient (Wildman–Crippen LogP) is 4.16. The highest BCUT2D eigenvalue weighted by Crippen LogP contribution is 2.37. The number of phenols is 1. The van der Waals surface area contributed by atoms with E-state index < -0.39 is 0 Å². The molecular formula is C22H23N7O2. The van der Waals surface area contributed by atoms with Crippen molar-refractivity contribution >= 4 is 11.7 Å². The Morgan fingerprint density at radius 3 is 2.48 bits per heavy atom. The average Bonchev–Trinajstić information content (AvgIpc) is 2.81. The van der Waals surface area contributed by atoms with E-state index in [-0.39, 0.29) is 18.2 Å². The number of aromatic nitrogens is 2. The molecule has 3 aromatic rings. The number of carbonyl (C=O) groups excluding carboxylic acids is 1. The summed E-state index contributed by atoms with van der Waals surface area (Å²) in [4.78, 5) is 23.6. The van der Waals surface area contributed by atoms with Crippen LogP contribution in [0.1, 0.15) is 23.0 Å². The molecule has 0 aliphatic rings. The van der Waals surface area contributed by atoms with Crippen molar-refractivity contribution in [2.24, 2.45) is 5.11 Å². The molecule has 0 fully saturated rings. The molecule has 3 N–H and O–H groups in total. The van der Waals surface area contributed by atoms with Gasteiger partial charge in [-0.2, -0.15) is 0 Å². The summed E-state index contributed by atoms with van der Waals surface area (Å²) in [5.41, 5.74) is 13.4. The Kier molecular flexibility index (Phi) is 7.03. The lowest BCUT2D eigenvalue weighted by molar-refractivity contribution is 0.0958. The smallest absolute Gasteiger partial charge is 0.269 e. The highest BCUT2D eigenvalue weighted by molar-refractivity contribution is 5.93. The molecule has 3 rings (SSSR count). The van der Waals surface area contributed by atoms with E-state index in [4.69, 9.17) is 5.53 Å². The fourth-order valence-corrected chi connectivity index (χ4v) is 3.32. The maximum absolute atomic E-state index is 11.9. The second kappa shape index (κ2) is 10.1. The number of hydrogen-bond acceptors (Lipinski definition) is 6. The Hall–Kier alpha value is -4.10. The molecule has 0 bridgehead atoms. The first-order valence-electron chi connectivity index (χ1n) is 9.83. The molecule has 9 nitrogen and oxygen atoms in total. The van der Waals surface area contributed by atoms with E-state index in [9.17, 15) is 9.90 Å². The van der Waals surface area contributed by atoms with Gasteiger partial charge in [0.05, 0.1) is 0 Å². The molecule has 0 spiro atoms. The monoisotopic (exact) mass is 417 g/mol. The largest absolute Gasteiger partial charge is 0.508 e. The molecule has 0 aliphatic heterocycles. The van der Waals surface area contributed by atoms with Gasteiger partial charge in [0, 0.05) is 54.1 Å². The van der Waals surface area contributed by atoms with Crippen molar-refractivity contribution in [3.8, 4) is 28.0 Å². The Morgan fingerprint density at radius 2 is 1.87 bits per heavy atom. The van der Waals surface area contributed by atoms with Gasteiger partial charge in [0.2, 0.25) is 0 Å². The Labute approximate surface area is 179 Å². The van der Waals surface area contributed by atoms with E-state index in [0.29, 0.717) is 18.1 Å². The number of rotatable bonds is 8. The summed E-state index contributed by atoms with van der Waals surface area (Å²) in [6, 6.07) is 10.5. The molecule has 31 heavy (non-hydrogen) atoms. The number of amides is 1. The van der Waals surface area contributed by atoms with Gasteiger partial charge in [0.25, 0.3) is 5.91 Å². The van der Waals surface area contributed by atoms with E-state index in [1.807, 2.05) is 18.2 Å². The first-order chi connectivity index (χ1) is 15.1. The van der Waals surface area contributed by atoms with Crippen molar-refractivity contribution in [1.29, 1.82) is 0 Å². The molecule has 0 saturated carbocycles. The van der Waals surface area contributed by atoms with Gasteiger partial charge in [0.15, 0.2) is 0 Å². The maximum atomic E-state index is 11.9. The third-order valence-corrected chi connectivity index (χ3v) is 4.80. The van der Waals surface area contributed by atoms with Gasteiger partial charge in [-0.3, -0.25) is 9.78 Å². The van der Waals surface area contributed by atoms with Crippen LogP contribution < -0.4 is 10.6 Å². The van der Waals surface area contributed by atoms with Gasteiger partial charge in [-0.05, 0) is 41.3 Å². The summed E-state index contributed by atoms with van der Waals surface area (Å²) in [7, 11) is 1.56. The number of nitrogens with one attached hydrogen (secondary N) is 2. The van der Waals surface area contributed by atoms with Gasteiger partial charge in [-0.15, -0.1) is 0 Å². The van der Waals surface area contributed by atoms with Crippen molar-refractivity contribution in [3.63, 3.8) is 0 Å². The van der Waals surface area contributed by atoms with Crippen LogP contribution in [0.2, 0.25) is 0 Å². The molecule has 2 heterocycles. The molecule has 0 unspecified atom stereocenters. The van der Waals surface area contributed by atoms with Crippen molar-refractivity contribution in [1.82, 2.24) is 15.3 Å². The molecule has 9 heteroatoms. The summed E-state index contributed by atoms with van der Waals surface area (Å²) in [5.74, 6) is 0.577. The number of azide groups is 1. The van der Waals surface area contributed by atoms with Crippen molar-refractivity contribution in [2.75, 3.05) is 25.5 Å².